The molecular weight excluding hydrogens is 354 g/mol. The van der Waals surface area contributed by atoms with Crippen LogP contribution in [0.25, 0.3) is 10.9 Å². The summed E-state index contributed by atoms with van der Waals surface area (Å²) in [5.41, 5.74) is 4.24. The lowest BCUT2D eigenvalue weighted by atomic mass is 10.2. The number of amides is 1. The van der Waals surface area contributed by atoms with Crippen LogP contribution < -0.4 is 10.2 Å². The van der Waals surface area contributed by atoms with E-state index in [9.17, 15) is 4.79 Å². The van der Waals surface area contributed by atoms with Gasteiger partial charge in [-0.3, -0.25) is 0 Å². The van der Waals surface area contributed by atoms with E-state index in [-0.39, 0.29) is 0 Å². The van der Waals surface area contributed by atoms with E-state index in [1.54, 1.807) is 18.3 Å². The Kier molecular flexibility index (Phi) is 5.76. The van der Waals surface area contributed by atoms with Crippen LogP contribution in [0.15, 0.2) is 59.8 Å². The third kappa shape index (κ3) is 4.34. The van der Waals surface area contributed by atoms with Crippen LogP contribution in [0.2, 0.25) is 5.02 Å². The maximum Gasteiger partial charge on any atom is 0.427 e. The second-order valence-corrected chi connectivity index (χ2v) is 5.90. The number of methoxy groups -OCH3 is 1. The number of benzene rings is 2. The molecule has 0 aliphatic rings. The molecule has 0 radical (unpaired) electrons. The van der Waals surface area contributed by atoms with E-state index < -0.39 is 6.09 Å². The molecule has 7 heteroatoms. The average molecular weight is 372 g/mol. The van der Waals surface area contributed by atoms with Crippen molar-refractivity contribution in [1.82, 2.24) is 9.99 Å². The molecule has 134 valence electrons. The van der Waals surface area contributed by atoms with E-state index in [4.69, 9.17) is 16.3 Å². The van der Waals surface area contributed by atoms with Crippen molar-refractivity contribution < 1.29 is 14.3 Å². The highest BCUT2D eigenvalue weighted by atomic mass is 35.5. The van der Waals surface area contributed by atoms with Gasteiger partial charge in [-0.05, 0) is 30.3 Å². The fraction of sp³-hybridized carbons (Fsp3) is 0.158. The minimum atomic E-state index is -0.610. The monoisotopic (exact) mass is 371 g/mol. The zero-order valence-corrected chi connectivity index (χ0v) is 14.9. The van der Waals surface area contributed by atoms with Crippen molar-refractivity contribution in [2.24, 2.45) is 5.10 Å². The molecule has 6 nitrogen and oxygen atoms in total. The first-order chi connectivity index (χ1) is 12.7. The number of hydrazone groups is 1. The maximum absolute atomic E-state index is 11.1. The van der Waals surface area contributed by atoms with Gasteiger partial charge in [-0.15, -0.1) is 0 Å². The topological polar surface area (TPSA) is 64.8 Å². The Labute approximate surface area is 156 Å². The number of carbonyl (C=O) groups is 1. The van der Waals surface area contributed by atoms with Gasteiger partial charge in [-0.1, -0.05) is 29.8 Å². The molecule has 0 saturated carbocycles. The van der Waals surface area contributed by atoms with Crippen molar-refractivity contribution in [1.29, 1.82) is 0 Å². The minimum Gasteiger partial charge on any atom is -0.492 e. The Morgan fingerprint density at radius 1 is 1.23 bits per heavy atom. The molecular formula is C19H18ClN3O3. The van der Waals surface area contributed by atoms with Crippen LogP contribution in [-0.4, -0.2) is 30.6 Å². The summed E-state index contributed by atoms with van der Waals surface area (Å²) in [7, 11) is 1.29. The molecule has 0 saturated heterocycles. The lowest BCUT2D eigenvalue weighted by Gasteiger charge is -2.08. The Balaban J connectivity index is 1.71. The van der Waals surface area contributed by atoms with Crippen molar-refractivity contribution in [2.75, 3.05) is 13.7 Å². The van der Waals surface area contributed by atoms with Crippen molar-refractivity contribution in [2.45, 2.75) is 6.54 Å². The van der Waals surface area contributed by atoms with Gasteiger partial charge in [0.05, 0.1) is 19.9 Å². The first-order valence-corrected chi connectivity index (χ1v) is 8.38. The van der Waals surface area contributed by atoms with Gasteiger partial charge in [-0.25, -0.2) is 10.2 Å². The number of para-hydroxylation sites is 1. The van der Waals surface area contributed by atoms with Gasteiger partial charge in [0.25, 0.3) is 0 Å². The molecule has 1 amide bonds. The standard InChI is InChI=1S/C19H18ClN3O3/c1-25-19(24)22-21-12-14-13-23(18-5-3-2-4-17(14)18)10-11-26-16-8-6-15(20)7-9-16/h2-9,12-13H,10-11H2,1H3,(H,22,24)/b21-12+. The SMILES string of the molecule is COC(=O)N/N=C/c1cn(CCOc2ccc(Cl)cc2)c2ccccc12. The molecule has 0 aliphatic carbocycles. The summed E-state index contributed by atoms with van der Waals surface area (Å²) in [5, 5.41) is 5.62. The second kappa shape index (κ2) is 8.40. The highest BCUT2D eigenvalue weighted by Crippen LogP contribution is 2.20. The first kappa shape index (κ1) is 17.8. The lowest BCUT2D eigenvalue weighted by Crippen LogP contribution is -2.16. The summed E-state index contributed by atoms with van der Waals surface area (Å²) in [6.07, 6.45) is 2.95. The van der Waals surface area contributed by atoms with Crippen LogP contribution in [0.5, 0.6) is 5.75 Å². The normalized spacial score (nSPS) is 11.0. The molecule has 0 bridgehead atoms. The quantitative estimate of drug-likeness (QED) is 0.525. The van der Waals surface area contributed by atoms with Gasteiger partial charge >= 0.3 is 6.09 Å². The molecule has 3 rings (SSSR count). The molecule has 26 heavy (non-hydrogen) atoms. The van der Waals surface area contributed by atoms with Crippen LogP contribution in [0.4, 0.5) is 4.79 Å². The third-order valence-electron chi connectivity index (χ3n) is 3.78. The summed E-state index contributed by atoms with van der Waals surface area (Å²) in [6.45, 7) is 1.18. The van der Waals surface area contributed by atoms with E-state index in [1.807, 2.05) is 42.6 Å². The number of fused-ring (bicyclic) bond motifs is 1. The lowest BCUT2D eigenvalue weighted by molar-refractivity contribution is 0.171. The van der Waals surface area contributed by atoms with Crippen LogP contribution in [0.3, 0.4) is 0 Å². The zero-order valence-electron chi connectivity index (χ0n) is 14.2. The zero-order chi connectivity index (χ0) is 18.4. The first-order valence-electron chi connectivity index (χ1n) is 8.00. The summed E-state index contributed by atoms with van der Waals surface area (Å²) in [4.78, 5) is 11.1. The highest BCUT2D eigenvalue weighted by Gasteiger charge is 2.07. The van der Waals surface area contributed by atoms with Gasteiger partial charge in [0.1, 0.15) is 12.4 Å². The summed E-state index contributed by atoms with van der Waals surface area (Å²) >= 11 is 5.87. The number of nitrogens with zero attached hydrogens (tertiary/aromatic N) is 2. The number of hydrogen-bond donors (Lipinski definition) is 1. The predicted octanol–water partition coefficient (Wildman–Crippen LogP) is 4.06. The van der Waals surface area contributed by atoms with Crippen LogP contribution in [0, 0.1) is 0 Å². The molecule has 0 unspecified atom stereocenters. The number of hydrogen-bond acceptors (Lipinski definition) is 4. The summed E-state index contributed by atoms with van der Waals surface area (Å²) in [6, 6.07) is 15.2. The van der Waals surface area contributed by atoms with Gasteiger partial charge in [0.15, 0.2) is 0 Å². The smallest absolute Gasteiger partial charge is 0.427 e. The van der Waals surface area contributed by atoms with Crippen molar-refractivity contribution in [3.63, 3.8) is 0 Å². The number of carbonyl (C=O) groups excluding carboxylic acids is 1. The van der Waals surface area contributed by atoms with E-state index in [2.05, 4.69) is 19.8 Å². The van der Waals surface area contributed by atoms with Gasteiger partial charge in [-0.2, -0.15) is 5.10 Å². The molecule has 0 fully saturated rings. The van der Waals surface area contributed by atoms with Crippen LogP contribution in [0.1, 0.15) is 5.56 Å². The molecule has 1 heterocycles. The molecule has 0 spiro atoms. The number of rotatable bonds is 6. The van der Waals surface area contributed by atoms with Crippen molar-refractivity contribution >= 4 is 34.8 Å². The summed E-state index contributed by atoms with van der Waals surface area (Å²) in [5.74, 6) is 0.773. The Bertz CT molecular complexity index is 919. The van der Waals surface area contributed by atoms with Gasteiger partial charge < -0.3 is 14.0 Å². The van der Waals surface area contributed by atoms with Gasteiger partial charge in [0, 0.05) is 27.7 Å². The Hall–Kier alpha value is -2.99. The average Bonchev–Trinajstić information content (AvgIpc) is 3.01. The fourth-order valence-electron chi connectivity index (χ4n) is 2.56. The molecule has 3 aromatic rings. The van der Waals surface area contributed by atoms with Gasteiger partial charge in [0.2, 0.25) is 0 Å². The molecule has 0 atom stereocenters. The van der Waals surface area contributed by atoms with Crippen LogP contribution >= 0.6 is 11.6 Å². The number of ether oxygens (including phenoxy) is 2. The third-order valence-corrected chi connectivity index (χ3v) is 4.03. The van der Waals surface area contributed by atoms with E-state index >= 15 is 0 Å². The molecule has 1 N–H and O–H groups in total. The van der Waals surface area contributed by atoms with E-state index in [0.717, 1.165) is 22.2 Å². The molecule has 1 aromatic heterocycles. The maximum atomic E-state index is 11.1. The number of aromatic nitrogens is 1. The fourth-order valence-corrected chi connectivity index (χ4v) is 2.68. The van der Waals surface area contributed by atoms with Crippen molar-refractivity contribution in [3.8, 4) is 5.75 Å². The van der Waals surface area contributed by atoms with Crippen molar-refractivity contribution in [3.05, 3.63) is 65.3 Å². The second-order valence-electron chi connectivity index (χ2n) is 5.46. The summed E-state index contributed by atoms with van der Waals surface area (Å²) < 4.78 is 12.3. The van der Waals surface area contributed by atoms with E-state index in [1.165, 1.54) is 7.11 Å². The molecule has 2 aromatic carbocycles. The Morgan fingerprint density at radius 3 is 2.77 bits per heavy atom. The number of halogens is 1. The Morgan fingerprint density at radius 2 is 2.00 bits per heavy atom. The number of nitrogens with one attached hydrogen (secondary N) is 1. The predicted molar refractivity (Wildman–Crippen MR) is 102 cm³/mol. The highest BCUT2D eigenvalue weighted by molar-refractivity contribution is 6.30. The molecule has 0 aliphatic heterocycles. The minimum absolute atomic E-state index is 0.511. The largest absolute Gasteiger partial charge is 0.492 e. The van der Waals surface area contributed by atoms with E-state index in [0.29, 0.717) is 18.2 Å². The van der Waals surface area contributed by atoms with Crippen LogP contribution in [-0.2, 0) is 11.3 Å².